The summed E-state index contributed by atoms with van der Waals surface area (Å²) < 4.78 is 1.79. The molecule has 1 aliphatic rings. The Bertz CT molecular complexity index is 761. The number of non-ortho nitro benzene ring substituents is 1. The summed E-state index contributed by atoms with van der Waals surface area (Å²) in [5, 5.41) is 19.0. The molecule has 7 heteroatoms. The molecular formula is C19H25N5O2. The van der Waals surface area contributed by atoms with Crippen molar-refractivity contribution in [1.82, 2.24) is 20.0 Å². The van der Waals surface area contributed by atoms with Gasteiger partial charge in [0, 0.05) is 55.6 Å². The summed E-state index contributed by atoms with van der Waals surface area (Å²) in [6.07, 6.45) is 6.22. The Balaban J connectivity index is 1.64. The van der Waals surface area contributed by atoms with Crippen LogP contribution in [0.3, 0.4) is 0 Å². The van der Waals surface area contributed by atoms with Gasteiger partial charge < -0.3 is 5.32 Å². The first-order valence-electron chi connectivity index (χ1n) is 8.91. The second-order valence-electron chi connectivity index (χ2n) is 6.73. The monoisotopic (exact) mass is 355 g/mol. The van der Waals surface area contributed by atoms with Crippen LogP contribution in [0.5, 0.6) is 0 Å². The molecule has 0 aliphatic carbocycles. The van der Waals surface area contributed by atoms with Crippen LogP contribution < -0.4 is 5.32 Å². The summed E-state index contributed by atoms with van der Waals surface area (Å²) in [7, 11) is 1.89. The second kappa shape index (κ2) is 8.25. The van der Waals surface area contributed by atoms with Gasteiger partial charge in [-0.15, -0.1) is 6.58 Å². The van der Waals surface area contributed by atoms with Crippen molar-refractivity contribution in [3.8, 4) is 11.3 Å². The topological polar surface area (TPSA) is 76.2 Å². The van der Waals surface area contributed by atoms with E-state index in [-0.39, 0.29) is 10.6 Å². The molecule has 1 N–H and O–H groups in total. The lowest BCUT2D eigenvalue weighted by molar-refractivity contribution is -0.384. The van der Waals surface area contributed by atoms with Crippen molar-refractivity contribution < 1.29 is 4.92 Å². The zero-order chi connectivity index (χ0) is 18.5. The Hall–Kier alpha value is -2.51. The second-order valence-corrected chi connectivity index (χ2v) is 6.73. The van der Waals surface area contributed by atoms with Crippen molar-refractivity contribution in [1.29, 1.82) is 0 Å². The van der Waals surface area contributed by atoms with E-state index in [4.69, 9.17) is 0 Å². The number of benzene rings is 1. The normalized spacial score (nSPS) is 15.9. The highest BCUT2D eigenvalue weighted by Crippen LogP contribution is 2.24. The lowest BCUT2D eigenvalue weighted by atomic mass is 10.0. The minimum absolute atomic E-state index is 0.0932. The van der Waals surface area contributed by atoms with Crippen LogP contribution in [0, 0.1) is 10.1 Å². The van der Waals surface area contributed by atoms with Gasteiger partial charge in [0.05, 0.1) is 10.6 Å². The van der Waals surface area contributed by atoms with Crippen LogP contribution in [0.4, 0.5) is 5.69 Å². The number of nitrogens with zero attached hydrogens (tertiary/aromatic N) is 4. The van der Waals surface area contributed by atoms with Crippen molar-refractivity contribution in [2.75, 3.05) is 19.6 Å². The molecular weight excluding hydrogens is 330 g/mol. The smallest absolute Gasteiger partial charge is 0.269 e. The first-order valence-corrected chi connectivity index (χ1v) is 8.91. The molecule has 0 atom stereocenters. The number of nitrogens with one attached hydrogen (secondary N) is 1. The van der Waals surface area contributed by atoms with Gasteiger partial charge in [-0.3, -0.25) is 19.7 Å². The average Bonchev–Trinajstić information content (AvgIpc) is 3.02. The Morgan fingerprint density at radius 1 is 1.35 bits per heavy atom. The Morgan fingerprint density at radius 3 is 2.65 bits per heavy atom. The number of hydrogen-bond donors (Lipinski definition) is 1. The molecule has 3 rings (SSSR count). The van der Waals surface area contributed by atoms with Crippen LogP contribution in [-0.4, -0.2) is 45.3 Å². The summed E-state index contributed by atoms with van der Waals surface area (Å²) in [6, 6.07) is 7.07. The van der Waals surface area contributed by atoms with E-state index in [0.717, 1.165) is 55.8 Å². The molecule has 2 heterocycles. The van der Waals surface area contributed by atoms with Gasteiger partial charge in [-0.1, -0.05) is 6.08 Å². The third-order valence-corrected chi connectivity index (χ3v) is 4.81. The lowest BCUT2D eigenvalue weighted by Gasteiger charge is -2.31. The molecule has 0 unspecified atom stereocenters. The largest absolute Gasteiger partial charge is 0.310 e. The fraction of sp³-hybridized carbons (Fsp3) is 0.421. The number of likely N-dealkylation sites (tertiary alicyclic amines) is 1. The van der Waals surface area contributed by atoms with E-state index in [2.05, 4.69) is 21.9 Å². The van der Waals surface area contributed by atoms with Crippen LogP contribution in [-0.2, 0) is 13.6 Å². The summed E-state index contributed by atoms with van der Waals surface area (Å²) >= 11 is 0. The standard InChI is InChI=1S/C19H25N5O2/c1-3-10-23-11-8-17(9-12-23)20-13-16-14-22(2)21-19(16)15-4-6-18(7-5-15)24(25)26/h3-7,14,17,20H,1,8-13H2,2H3. The maximum atomic E-state index is 10.8. The maximum absolute atomic E-state index is 10.8. The van der Waals surface area contributed by atoms with E-state index < -0.39 is 0 Å². The van der Waals surface area contributed by atoms with Crippen LogP contribution in [0.2, 0.25) is 0 Å². The quantitative estimate of drug-likeness (QED) is 0.469. The van der Waals surface area contributed by atoms with E-state index in [0.29, 0.717) is 6.04 Å². The molecule has 1 aromatic heterocycles. The van der Waals surface area contributed by atoms with Gasteiger partial charge in [-0.2, -0.15) is 5.10 Å². The zero-order valence-corrected chi connectivity index (χ0v) is 15.1. The minimum Gasteiger partial charge on any atom is -0.310 e. The Labute approximate surface area is 153 Å². The number of hydrogen-bond acceptors (Lipinski definition) is 5. The first-order chi connectivity index (χ1) is 12.6. The fourth-order valence-corrected chi connectivity index (χ4v) is 3.41. The van der Waals surface area contributed by atoms with E-state index in [9.17, 15) is 10.1 Å². The van der Waals surface area contributed by atoms with Crippen molar-refractivity contribution in [2.24, 2.45) is 7.05 Å². The average molecular weight is 355 g/mol. The van der Waals surface area contributed by atoms with Crippen molar-refractivity contribution in [3.63, 3.8) is 0 Å². The van der Waals surface area contributed by atoms with Crippen molar-refractivity contribution in [3.05, 3.63) is 58.8 Å². The van der Waals surface area contributed by atoms with Gasteiger partial charge >= 0.3 is 0 Å². The summed E-state index contributed by atoms with van der Waals surface area (Å²) in [5.74, 6) is 0. The number of piperidine rings is 1. The van der Waals surface area contributed by atoms with Gasteiger partial charge in [0.1, 0.15) is 0 Å². The molecule has 0 saturated carbocycles. The molecule has 1 fully saturated rings. The molecule has 1 aromatic carbocycles. The summed E-state index contributed by atoms with van der Waals surface area (Å²) in [4.78, 5) is 12.9. The van der Waals surface area contributed by atoms with Crippen molar-refractivity contribution in [2.45, 2.75) is 25.4 Å². The van der Waals surface area contributed by atoms with Gasteiger partial charge in [-0.05, 0) is 38.1 Å². The highest BCUT2D eigenvalue weighted by molar-refractivity contribution is 5.64. The molecule has 0 radical (unpaired) electrons. The van der Waals surface area contributed by atoms with Crippen LogP contribution in [0.25, 0.3) is 11.3 Å². The molecule has 7 nitrogen and oxygen atoms in total. The van der Waals surface area contributed by atoms with Gasteiger partial charge in [-0.25, -0.2) is 0 Å². The van der Waals surface area contributed by atoms with Crippen LogP contribution >= 0.6 is 0 Å². The van der Waals surface area contributed by atoms with E-state index in [1.54, 1.807) is 16.8 Å². The van der Waals surface area contributed by atoms with Crippen molar-refractivity contribution >= 4 is 5.69 Å². The maximum Gasteiger partial charge on any atom is 0.269 e. The molecule has 0 spiro atoms. The fourth-order valence-electron chi connectivity index (χ4n) is 3.41. The lowest BCUT2D eigenvalue weighted by Crippen LogP contribution is -2.42. The minimum atomic E-state index is -0.386. The molecule has 0 bridgehead atoms. The van der Waals surface area contributed by atoms with E-state index in [1.165, 1.54) is 12.1 Å². The molecule has 0 amide bonds. The molecule has 26 heavy (non-hydrogen) atoms. The van der Waals surface area contributed by atoms with Gasteiger partial charge in [0.2, 0.25) is 0 Å². The molecule has 138 valence electrons. The number of aromatic nitrogens is 2. The SMILES string of the molecule is C=CCN1CCC(NCc2cn(C)nc2-c2ccc([N+](=O)[O-])cc2)CC1. The number of nitro benzene ring substituents is 1. The predicted molar refractivity (Wildman–Crippen MR) is 102 cm³/mol. The Morgan fingerprint density at radius 2 is 2.04 bits per heavy atom. The van der Waals surface area contributed by atoms with E-state index in [1.807, 2.05) is 19.3 Å². The third-order valence-electron chi connectivity index (χ3n) is 4.81. The number of nitro groups is 1. The van der Waals surface area contributed by atoms with Crippen LogP contribution in [0.1, 0.15) is 18.4 Å². The number of rotatable bonds is 7. The highest BCUT2D eigenvalue weighted by Gasteiger charge is 2.19. The molecule has 1 aliphatic heterocycles. The highest BCUT2D eigenvalue weighted by atomic mass is 16.6. The number of aryl methyl sites for hydroxylation is 1. The first kappa shape index (κ1) is 18.3. The molecule has 1 saturated heterocycles. The van der Waals surface area contributed by atoms with Gasteiger partial charge in [0.25, 0.3) is 5.69 Å². The Kier molecular flexibility index (Phi) is 5.80. The molecule has 2 aromatic rings. The van der Waals surface area contributed by atoms with Crippen LogP contribution in [0.15, 0.2) is 43.1 Å². The van der Waals surface area contributed by atoms with E-state index >= 15 is 0 Å². The third kappa shape index (κ3) is 4.36. The van der Waals surface area contributed by atoms with Gasteiger partial charge in [0.15, 0.2) is 0 Å². The summed E-state index contributed by atoms with van der Waals surface area (Å²) in [5.41, 5.74) is 2.97. The predicted octanol–water partition coefficient (Wildman–Crippen LogP) is 2.74. The zero-order valence-electron chi connectivity index (χ0n) is 15.1. The summed E-state index contributed by atoms with van der Waals surface area (Å²) in [6.45, 7) is 7.68.